The zero-order chi connectivity index (χ0) is 14.4. The lowest BCUT2D eigenvalue weighted by atomic mass is 10.1. The molecule has 1 aliphatic heterocycles. The molecular weight excluding hydrogens is 288 g/mol. The van der Waals surface area contributed by atoms with Crippen molar-refractivity contribution in [2.24, 2.45) is 5.73 Å². The molecule has 1 atom stereocenters. The summed E-state index contributed by atoms with van der Waals surface area (Å²) in [5.41, 5.74) is 6.90. The van der Waals surface area contributed by atoms with Crippen LogP contribution in [0.15, 0.2) is 18.3 Å². The lowest BCUT2D eigenvalue weighted by Gasteiger charge is -2.28. The molecule has 118 valence electrons. The van der Waals surface area contributed by atoms with Gasteiger partial charge in [0.2, 0.25) is 5.91 Å². The molecule has 21 heavy (non-hydrogen) atoms. The Morgan fingerprint density at radius 2 is 2.10 bits per heavy atom. The third-order valence-corrected chi connectivity index (χ3v) is 3.66. The summed E-state index contributed by atoms with van der Waals surface area (Å²) < 4.78 is 0. The lowest BCUT2D eigenvalue weighted by Crippen LogP contribution is -2.35. The molecule has 1 fully saturated rings. The van der Waals surface area contributed by atoms with Crippen LogP contribution in [0.2, 0.25) is 0 Å². The van der Waals surface area contributed by atoms with E-state index >= 15 is 0 Å². The molecule has 6 heteroatoms. The first kappa shape index (κ1) is 17.7. The van der Waals surface area contributed by atoms with E-state index in [0.717, 1.165) is 25.2 Å². The Morgan fingerprint density at radius 1 is 1.38 bits per heavy atom. The molecule has 1 aliphatic rings. The Labute approximate surface area is 132 Å². The Morgan fingerprint density at radius 3 is 2.67 bits per heavy atom. The average Bonchev–Trinajstić information content (AvgIpc) is 2.49. The van der Waals surface area contributed by atoms with E-state index in [0.29, 0.717) is 12.2 Å². The maximum Gasteiger partial charge on any atom is 0.242 e. The molecule has 0 bridgehead atoms. The van der Waals surface area contributed by atoms with E-state index in [4.69, 9.17) is 5.73 Å². The normalized spacial score (nSPS) is 16.0. The highest BCUT2D eigenvalue weighted by atomic mass is 35.5. The summed E-state index contributed by atoms with van der Waals surface area (Å²) >= 11 is 0. The zero-order valence-electron chi connectivity index (χ0n) is 12.5. The number of nitrogens with one attached hydrogen (secondary N) is 1. The van der Waals surface area contributed by atoms with Gasteiger partial charge < -0.3 is 16.0 Å². The molecule has 3 N–H and O–H groups in total. The van der Waals surface area contributed by atoms with Gasteiger partial charge in [-0.15, -0.1) is 12.4 Å². The van der Waals surface area contributed by atoms with Crippen molar-refractivity contribution in [3.8, 4) is 0 Å². The fourth-order valence-corrected chi connectivity index (χ4v) is 2.46. The van der Waals surface area contributed by atoms with Crippen molar-refractivity contribution >= 4 is 29.8 Å². The van der Waals surface area contributed by atoms with E-state index in [1.807, 2.05) is 25.3 Å². The SMILES string of the molecule is CCCC(N)C(=O)Nc1ccc(N2CCCCC2)cn1.Cl. The van der Waals surface area contributed by atoms with Crippen molar-refractivity contribution in [1.82, 2.24) is 4.98 Å². The van der Waals surface area contributed by atoms with Crippen LogP contribution >= 0.6 is 12.4 Å². The summed E-state index contributed by atoms with van der Waals surface area (Å²) in [6.07, 6.45) is 7.21. The predicted molar refractivity (Wildman–Crippen MR) is 89.1 cm³/mol. The van der Waals surface area contributed by atoms with Gasteiger partial charge in [0.1, 0.15) is 5.82 Å². The monoisotopic (exact) mass is 312 g/mol. The third kappa shape index (κ3) is 5.17. The van der Waals surface area contributed by atoms with Crippen LogP contribution in [0.25, 0.3) is 0 Å². The number of pyridine rings is 1. The Bertz CT molecular complexity index is 432. The number of halogens is 1. The second-order valence-corrected chi connectivity index (χ2v) is 5.33. The van der Waals surface area contributed by atoms with Crippen molar-refractivity contribution in [3.63, 3.8) is 0 Å². The number of hydrogen-bond acceptors (Lipinski definition) is 4. The number of carbonyl (C=O) groups excluding carboxylic acids is 1. The number of carbonyl (C=O) groups is 1. The minimum Gasteiger partial charge on any atom is -0.370 e. The highest BCUT2D eigenvalue weighted by molar-refractivity contribution is 5.93. The standard InChI is InChI=1S/C15H24N4O.ClH/c1-2-6-13(16)15(20)18-14-8-7-12(11-17-14)19-9-4-3-5-10-19;/h7-8,11,13H,2-6,9-10,16H2,1H3,(H,17,18,20);1H. The molecule has 2 rings (SSSR count). The molecule has 0 radical (unpaired) electrons. The Hall–Kier alpha value is -1.33. The number of nitrogens with zero attached hydrogens (tertiary/aromatic N) is 2. The van der Waals surface area contributed by atoms with Crippen molar-refractivity contribution in [3.05, 3.63) is 18.3 Å². The van der Waals surface area contributed by atoms with Crippen LogP contribution in [0.5, 0.6) is 0 Å². The van der Waals surface area contributed by atoms with Gasteiger partial charge in [0, 0.05) is 13.1 Å². The molecule has 0 saturated carbocycles. The van der Waals surface area contributed by atoms with Gasteiger partial charge >= 0.3 is 0 Å². The maximum atomic E-state index is 11.8. The van der Waals surface area contributed by atoms with Crippen LogP contribution in [0.3, 0.4) is 0 Å². The van der Waals surface area contributed by atoms with Crippen molar-refractivity contribution in [2.75, 3.05) is 23.3 Å². The first-order valence-corrected chi connectivity index (χ1v) is 7.48. The fraction of sp³-hybridized carbons (Fsp3) is 0.600. The van der Waals surface area contributed by atoms with E-state index < -0.39 is 6.04 Å². The molecule has 1 saturated heterocycles. The number of amides is 1. The van der Waals surface area contributed by atoms with Crippen LogP contribution in [0.1, 0.15) is 39.0 Å². The second-order valence-electron chi connectivity index (χ2n) is 5.33. The second kappa shape index (κ2) is 8.85. The largest absolute Gasteiger partial charge is 0.370 e. The summed E-state index contributed by atoms with van der Waals surface area (Å²) in [5.74, 6) is 0.410. The molecule has 1 amide bonds. The van der Waals surface area contributed by atoms with Gasteiger partial charge in [0.15, 0.2) is 0 Å². The molecule has 0 aromatic carbocycles. The van der Waals surface area contributed by atoms with Gasteiger partial charge in [0.05, 0.1) is 17.9 Å². The first-order valence-electron chi connectivity index (χ1n) is 7.48. The molecule has 2 heterocycles. The fourth-order valence-electron chi connectivity index (χ4n) is 2.46. The average molecular weight is 313 g/mol. The molecule has 1 aromatic heterocycles. The van der Waals surface area contributed by atoms with Gasteiger partial charge in [-0.2, -0.15) is 0 Å². The first-order chi connectivity index (χ1) is 9.70. The zero-order valence-corrected chi connectivity index (χ0v) is 13.4. The summed E-state index contributed by atoms with van der Waals surface area (Å²) in [5, 5.41) is 2.76. The molecule has 1 aromatic rings. The quantitative estimate of drug-likeness (QED) is 0.876. The summed E-state index contributed by atoms with van der Waals surface area (Å²) in [7, 11) is 0. The number of aromatic nitrogens is 1. The van der Waals surface area contributed by atoms with E-state index in [1.54, 1.807) is 0 Å². The molecule has 1 unspecified atom stereocenters. The number of anilines is 2. The van der Waals surface area contributed by atoms with Crippen molar-refractivity contribution in [2.45, 2.75) is 45.1 Å². The van der Waals surface area contributed by atoms with Crippen LogP contribution in [0.4, 0.5) is 11.5 Å². The maximum absolute atomic E-state index is 11.8. The summed E-state index contributed by atoms with van der Waals surface area (Å²) in [6, 6.07) is 3.41. The van der Waals surface area contributed by atoms with Gasteiger partial charge in [-0.05, 0) is 37.8 Å². The van der Waals surface area contributed by atoms with Gasteiger partial charge in [-0.3, -0.25) is 4.79 Å². The Kier molecular flexibility index (Phi) is 7.47. The number of rotatable bonds is 5. The van der Waals surface area contributed by atoms with Gasteiger partial charge in [-0.1, -0.05) is 13.3 Å². The van der Waals surface area contributed by atoms with Crippen LogP contribution in [0, 0.1) is 0 Å². The van der Waals surface area contributed by atoms with E-state index in [9.17, 15) is 4.79 Å². The predicted octanol–water partition coefficient (Wildman–Crippen LogP) is 2.56. The molecule has 0 spiro atoms. The van der Waals surface area contributed by atoms with Crippen LogP contribution in [-0.2, 0) is 4.79 Å². The van der Waals surface area contributed by atoms with E-state index in [2.05, 4.69) is 15.2 Å². The van der Waals surface area contributed by atoms with Gasteiger partial charge in [-0.25, -0.2) is 4.98 Å². The minimum atomic E-state index is -0.455. The number of nitrogens with two attached hydrogens (primary N) is 1. The van der Waals surface area contributed by atoms with Crippen LogP contribution in [-0.4, -0.2) is 30.0 Å². The number of piperidine rings is 1. The third-order valence-electron chi connectivity index (χ3n) is 3.66. The van der Waals surface area contributed by atoms with Crippen molar-refractivity contribution in [1.29, 1.82) is 0 Å². The summed E-state index contributed by atoms with van der Waals surface area (Å²) in [6.45, 7) is 4.20. The van der Waals surface area contributed by atoms with E-state index in [1.165, 1.54) is 19.3 Å². The smallest absolute Gasteiger partial charge is 0.242 e. The van der Waals surface area contributed by atoms with Crippen molar-refractivity contribution < 1.29 is 4.79 Å². The van der Waals surface area contributed by atoms with Gasteiger partial charge in [0.25, 0.3) is 0 Å². The minimum absolute atomic E-state index is 0. The lowest BCUT2D eigenvalue weighted by molar-refractivity contribution is -0.117. The molecule has 5 nitrogen and oxygen atoms in total. The Balaban J connectivity index is 0.00000220. The molecule has 0 aliphatic carbocycles. The topological polar surface area (TPSA) is 71.2 Å². The van der Waals surface area contributed by atoms with E-state index in [-0.39, 0.29) is 18.3 Å². The highest BCUT2D eigenvalue weighted by Gasteiger charge is 2.14. The molecular formula is C15H25ClN4O. The summed E-state index contributed by atoms with van der Waals surface area (Å²) in [4.78, 5) is 18.4. The van der Waals surface area contributed by atoms with Crippen LogP contribution < -0.4 is 16.0 Å². The number of hydrogen-bond donors (Lipinski definition) is 2. The highest BCUT2D eigenvalue weighted by Crippen LogP contribution is 2.19.